The first-order chi connectivity index (χ1) is 8.06. The molecular formula is C12H19N3O2. The van der Waals surface area contributed by atoms with Crippen LogP contribution in [0.1, 0.15) is 32.5 Å². The van der Waals surface area contributed by atoms with Crippen LogP contribution in [0.5, 0.6) is 0 Å². The molecule has 5 nitrogen and oxygen atoms in total. The number of hydrogen-bond donors (Lipinski definition) is 1. The number of rotatable bonds is 5. The topological polar surface area (TPSA) is 64.1 Å². The minimum Gasteiger partial charge on any atom is -0.468 e. The SMILES string of the molecule is COC(=O)C(NC(C)c1cnccn1)C(C)C. The van der Waals surface area contributed by atoms with Crippen LogP contribution in [0.25, 0.3) is 0 Å². The van der Waals surface area contributed by atoms with Crippen LogP contribution < -0.4 is 5.32 Å². The Balaban J connectivity index is 2.71. The van der Waals surface area contributed by atoms with E-state index in [-0.39, 0.29) is 24.0 Å². The van der Waals surface area contributed by atoms with Crippen molar-refractivity contribution in [3.8, 4) is 0 Å². The molecule has 0 spiro atoms. The molecule has 94 valence electrons. The molecule has 2 atom stereocenters. The molecule has 0 saturated carbocycles. The molecule has 0 aromatic carbocycles. The van der Waals surface area contributed by atoms with Gasteiger partial charge in [-0.05, 0) is 12.8 Å². The second-order valence-electron chi connectivity index (χ2n) is 4.26. The fourth-order valence-corrected chi connectivity index (χ4v) is 1.55. The quantitative estimate of drug-likeness (QED) is 0.783. The number of esters is 1. The summed E-state index contributed by atoms with van der Waals surface area (Å²) in [5.41, 5.74) is 0.807. The Labute approximate surface area is 102 Å². The van der Waals surface area contributed by atoms with Gasteiger partial charge in [-0.15, -0.1) is 0 Å². The van der Waals surface area contributed by atoms with Gasteiger partial charge in [0.15, 0.2) is 0 Å². The van der Waals surface area contributed by atoms with Crippen molar-refractivity contribution < 1.29 is 9.53 Å². The van der Waals surface area contributed by atoms with Crippen molar-refractivity contribution in [2.75, 3.05) is 7.11 Å². The lowest BCUT2D eigenvalue weighted by molar-refractivity contribution is -0.144. The van der Waals surface area contributed by atoms with Gasteiger partial charge in [0.1, 0.15) is 6.04 Å². The van der Waals surface area contributed by atoms with Crippen LogP contribution in [-0.2, 0) is 9.53 Å². The average Bonchev–Trinajstić information content (AvgIpc) is 2.35. The zero-order chi connectivity index (χ0) is 12.8. The molecule has 0 aliphatic rings. The lowest BCUT2D eigenvalue weighted by Gasteiger charge is -2.23. The smallest absolute Gasteiger partial charge is 0.323 e. The molecule has 2 unspecified atom stereocenters. The Hall–Kier alpha value is -1.49. The zero-order valence-electron chi connectivity index (χ0n) is 10.7. The molecule has 1 heterocycles. The molecule has 1 aromatic heterocycles. The maximum absolute atomic E-state index is 11.6. The molecular weight excluding hydrogens is 218 g/mol. The first-order valence-corrected chi connectivity index (χ1v) is 5.66. The van der Waals surface area contributed by atoms with Crippen molar-refractivity contribution in [2.24, 2.45) is 5.92 Å². The second kappa shape index (κ2) is 6.30. The Bertz CT molecular complexity index is 354. The van der Waals surface area contributed by atoms with Gasteiger partial charge in [0.05, 0.1) is 12.8 Å². The summed E-state index contributed by atoms with van der Waals surface area (Å²) in [4.78, 5) is 19.8. The predicted octanol–water partition coefficient (Wildman–Crippen LogP) is 1.32. The van der Waals surface area contributed by atoms with Gasteiger partial charge in [-0.1, -0.05) is 13.8 Å². The van der Waals surface area contributed by atoms with Gasteiger partial charge in [-0.25, -0.2) is 0 Å². The largest absolute Gasteiger partial charge is 0.468 e. The van der Waals surface area contributed by atoms with E-state index in [0.717, 1.165) is 5.69 Å². The van der Waals surface area contributed by atoms with E-state index in [2.05, 4.69) is 15.3 Å². The third-order valence-electron chi connectivity index (χ3n) is 2.58. The first-order valence-electron chi connectivity index (χ1n) is 5.66. The molecule has 0 fully saturated rings. The number of methoxy groups -OCH3 is 1. The highest BCUT2D eigenvalue weighted by Gasteiger charge is 2.25. The maximum Gasteiger partial charge on any atom is 0.323 e. The minimum absolute atomic E-state index is 0.0461. The van der Waals surface area contributed by atoms with Crippen LogP contribution in [0.2, 0.25) is 0 Å². The lowest BCUT2D eigenvalue weighted by atomic mass is 10.0. The summed E-state index contributed by atoms with van der Waals surface area (Å²) >= 11 is 0. The van der Waals surface area contributed by atoms with Gasteiger partial charge in [-0.3, -0.25) is 20.1 Å². The summed E-state index contributed by atoms with van der Waals surface area (Å²) in [6, 6.07) is -0.382. The second-order valence-corrected chi connectivity index (χ2v) is 4.26. The van der Waals surface area contributed by atoms with Crippen molar-refractivity contribution in [2.45, 2.75) is 32.9 Å². The van der Waals surface area contributed by atoms with Gasteiger partial charge < -0.3 is 4.74 Å². The molecule has 1 aromatic rings. The lowest BCUT2D eigenvalue weighted by Crippen LogP contribution is -2.43. The number of carbonyl (C=O) groups is 1. The molecule has 5 heteroatoms. The zero-order valence-corrected chi connectivity index (χ0v) is 10.7. The first kappa shape index (κ1) is 13.6. The van der Waals surface area contributed by atoms with E-state index in [9.17, 15) is 4.79 Å². The maximum atomic E-state index is 11.6. The van der Waals surface area contributed by atoms with Crippen molar-refractivity contribution in [1.29, 1.82) is 0 Å². The van der Waals surface area contributed by atoms with E-state index in [4.69, 9.17) is 4.74 Å². The van der Waals surface area contributed by atoms with E-state index < -0.39 is 0 Å². The molecule has 0 bridgehead atoms. The fraction of sp³-hybridized carbons (Fsp3) is 0.583. The summed E-state index contributed by atoms with van der Waals surface area (Å²) in [6.45, 7) is 5.89. The standard InChI is InChI=1S/C12H19N3O2/c1-8(2)11(12(16)17-4)15-9(3)10-7-13-5-6-14-10/h5-9,11,15H,1-4H3. The number of ether oxygens (including phenoxy) is 1. The Kier molecular flexibility index (Phi) is 5.03. The van der Waals surface area contributed by atoms with E-state index in [0.29, 0.717) is 0 Å². The van der Waals surface area contributed by atoms with Crippen molar-refractivity contribution in [3.63, 3.8) is 0 Å². The molecule has 0 aliphatic heterocycles. The summed E-state index contributed by atoms with van der Waals surface area (Å²) in [7, 11) is 1.40. The molecule has 1 rings (SSSR count). The monoisotopic (exact) mass is 237 g/mol. The molecule has 0 amide bonds. The number of aromatic nitrogens is 2. The van der Waals surface area contributed by atoms with Crippen LogP contribution in [0.4, 0.5) is 0 Å². The number of hydrogen-bond acceptors (Lipinski definition) is 5. The van der Waals surface area contributed by atoms with Gasteiger partial charge >= 0.3 is 5.97 Å². The van der Waals surface area contributed by atoms with Gasteiger partial charge in [0.25, 0.3) is 0 Å². The van der Waals surface area contributed by atoms with E-state index >= 15 is 0 Å². The van der Waals surface area contributed by atoms with E-state index in [1.54, 1.807) is 18.6 Å². The highest BCUT2D eigenvalue weighted by molar-refractivity contribution is 5.76. The highest BCUT2D eigenvalue weighted by atomic mass is 16.5. The van der Waals surface area contributed by atoms with E-state index in [1.807, 2.05) is 20.8 Å². The number of carbonyl (C=O) groups excluding carboxylic acids is 1. The van der Waals surface area contributed by atoms with Gasteiger partial charge in [-0.2, -0.15) is 0 Å². The van der Waals surface area contributed by atoms with Crippen LogP contribution in [0.3, 0.4) is 0 Å². The van der Waals surface area contributed by atoms with Crippen molar-refractivity contribution in [1.82, 2.24) is 15.3 Å². The summed E-state index contributed by atoms with van der Waals surface area (Å²) in [5.74, 6) is -0.0997. The normalized spacial score (nSPS) is 14.4. The number of nitrogens with zero attached hydrogens (tertiary/aromatic N) is 2. The van der Waals surface area contributed by atoms with Gasteiger partial charge in [0, 0.05) is 24.6 Å². The summed E-state index contributed by atoms with van der Waals surface area (Å²) in [6.07, 6.45) is 4.94. The molecule has 0 aliphatic carbocycles. The molecule has 17 heavy (non-hydrogen) atoms. The van der Waals surface area contributed by atoms with Crippen LogP contribution in [0, 0.1) is 5.92 Å². The van der Waals surface area contributed by atoms with Crippen molar-refractivity contribution in [3.05, 3.63) is 24.3 Å². The molecule has 1 N–H and O–H groups in total. The third kappa shape index (κ3) is 3.78. The average molecular weight is 237 g/mol. The molecule has 0 saturated heterocycles. The Morgan fingerprint density at radius 2 is 2.06 bits per heavy atom. The Morgan fingerprint density at radius 1 is 1.35 bits per heavy atom. The van der Waals surface area contributed by atoms with Crippen molar-refractivity contribution >= 4 is 5.97 Å². The van der Waals surface area contributed by atoms with E-state index in [1.165, 1.54) is 7.11 Å². The van der Waals surface area contributed by atoms with Gasteiger partial charge in [0.2, 0.25) is 0 Å². The minimum atomic E-state index is -0.336. The Morgan fingerprint density at radius 3 is 2.53 bits per heavy atom. The van der Waals surface area contributed by atoms with Crippen LogP contribution in [-0.4, -0.2) is 29.1 Å². The highest BCUT2D eigenvalue weighted by Crippen LogP contribution is 2.12. The fourth-order valence-electron chi connectivity index (χ4n) is 1.55. The van der Waals surface area contributed by atoms with Crippen LogP contribution in [0.15, 0.2) is 18.6 Å². The third-order valence-corrected chi connectivity index (χ3v) is 2.58. The summed E-state index contributed by atoms with van der Waals surface area (Å²) in [5, 5.41) is 3.21. The predicted molar refractivity (Wildman–Crippen MR) is 64.2 cm³/mol. The molecule has 0 radical (unpaired) electrons. The summed E-state index contributed by atoms with van der Waals surface area (Å²) < 4.78 is 4.77. The van der Waals surface area contributed by atoms with Crippen LogP contribution >= 0.6 is 0 Å². The number of nitrogens with one attached hydrogen (secondary N) is 1.